The number of urea groups is 1. The van der Waals surface area contributed by atoms with Gasteiger partial charge in [-0.3, -0.25) is 0 Å². The highest BCUT2D eigenvalue weighted by Gasteiger charge is 2.34. The van der Waals surface area contributed by atoms with Crippen molar-refractivity contribution in [1.29, 1.82) is 0 Å². The smallest absolute Gasteiger partial charge is 0.331 e. The van der Waals surface area contributed by atoms with Gasteiger partial charge in [0.05, 0.1) is 6.54 Å². The van der Waals surface area contributed by atoms with Gasteiger partial charge in [0.15, 0.2) is 0 Å². The minimum absolute atomic E-state index is 0.235. The van der Waals surface area contributed by atoms with Crippen LogP contribution in [-0.4, -0.2) is 42.1 Å². The van der Waals surface area contributed by atoms with E-state index in [-0.39, 0.29) is 12.0 Å². The van der Waals surface area contributed by atoms with Crippen LogP contribution in [0.1, 0.15) is 20.8 Å². The zero-order valence-corrected chi connectivity index (χ0v) is 8.96. The first kappa shape index (κ1) is 10.8. The molecule has 2 amide bonds. The lowest BCUT2D eigenvalue weighted by atomic mass is 10.2. The van der Waals surface area contributed by atoms with E-state index >= 15 is 0 Å². The Kier molecular flexibility index (Phi) is 2.69. The highest BCUT2D eigenvalue weighted by molar-refractivity contribution is 5.87. The van der Waals surface area contributed by atoms with Crippen LogP contribution in [0.25, 0.3) is 0 Å². The van der Waals surface area contributed by atoms with Crippen molar-refractivity contribution in [3.05, 3.63) is 0 Å². The zero-order valence-electron chi connectivity index (χ0n) is 8.96. The molecule has 0 radical (unpaired) electrons. The Morgan fingerprint density at radius 2 is 2.14 bits per heavy atom. The molecular weight excluding hydrogens is 184 g/mol. The third-order valence-corrected chi connectivity index (χ3v) is 1.79. The van der Waals surface area contributed by atoms with E-state index in [1.165, 1.54) is 4.90 Å². The molecule has 1 heterocycles. The molecule has 0 unspecified atom stereocenters. The maximum atomic E-state index is 11.5. The maximum Gasteiger partial charge on any atom is 0.331 e. The second-order valence-corrected chi connectivity index (χ2v) is 4.42. The van der Waals surface area contributed by atoms with E-state index in [0.717, 1.165) is 0 Å². The van der Waals surface area contributed by atoms with E-state index < -0.39 is 11.6 Å². The van der Waals surface area contributed by atoms with Crippen LogP contribution in [0.4, 0.5) is 4.79 Å². The van der Waals surface area contributed by atoms with Gasteiger partial charge in [0.1, 0.15) is 11.6 Å². The number of amides is 2. The number of carbonyl (C=O) groups excluding carboxylic acids is 2. The van der Waals surface area contributed by atoms with Crippen LogP contribution < -0.4 is 5.32 Å². The Morgan fingerprint density at radius 3 is 2.50 bits per heavy atom. The molecular formula is C9H16N2O3. The second-order valence-electron chi connectivity index (χ2n) is 4.42. The number of nitrogens with zero attached hydrogens (tertiary/aromatic N) is 1. The molecule has 1 atom stereocenters. The third-order valence-electron chi connectivity index (χ3n) is 1.79. The lowest BCUT2D eigenvalue weighted by Crippen LogP contribution is -2.39. The van der Waals surface area contributed by atoms with Crippen LogP contribution in [0.5, 0.6) is 0 Å². The van der Waals surface area contributed by atoms with Gasteiger partial charge >= 0.3 is 12.0 Å². The van der Waals surface area contributed by atoms with E-state index in [2.05, 4.69) is 5.32 Å². The van der Waals surface area contributed by atoms with Crippen molar-refractivity contribution in [1.82, 2.24) is 10.2 Å². The molecule has 1 aliphatic rings. The molecule has 0 bridgehead atoms. The van der Waals surface area contributed by atoms with Gasteiger partial charge in [-0.15, -0.1) is 0 Å². The Balaban J connectivity index is 2.52. The fourth-order valence-electron chi connectivity index (χ4n) is 1.17. The van der Waals surface area contributed by atoms with Crippen molar-refractivity contribution in [3.8, 4) is 0 Å². The summed E-state index contributed by atoms with van der Waals surface area (Å²) >= 11 is 0. The van der Waals surface area contributed by atoms with Crippen LogP contribution in [-0.2, 0) is 9.53 Å². The number of likely N-dealkylation sites (N-methyl/N-ethyl adjacent to an activating group) is 1. The largest absolute Gasteiger partial charge is 0.458 e. The quantitative estimate of drug-likeness (QED) is 0.621. The average Bonchev–Trinajstić information content (AvgIpc) is 2.28. The van der Waals surface area contributed by atoms with Crippen LogP contribution in [0, 0.1) is 0 Å². The summed E-state index contributed by atoms with van der Waals surface area (Å²) in [6, 6.07) is -0.771. The second kappa shape index (κ2) is 3.48. The van der Waals surface area contributed by atoms with Gasteiger partial charge in [-0.1, -0.05) is 0 Å². The molecule has 80 valence electrons. The summed E-state index contributed by atoms with van der Waals surface area (Å²) in [4.78, 5) is 24.0. The number of rotatable bonds is 1. The maximum absolute atomic E-state index is 11.5. The Bertz CT molecular complexity index is 257. The summed E-state index contributed by atoms with van der Waals surface area (Å²) in [5.74, 6) is -0.379. The van der Waals surface area contributed by atoms with E-state index in [0.29, 0.717) is 6.54 Å². The fraction of sp³-hybridized carbons (Fsp3) is 0.778. The molecule has 0 aromatic heterocycles. The molecule has 14 heavy (non-hydrogen) atoms. The molecule has 5 heteroatoms. The summed E-state index contributed by atoms with van der Waals surface area (Å²) in [7, 11) is 1.64. The lowest BCUT2D eigenvalue weighted by molar-refractivity contribution is -0.156. The molecule has 1 saturated heterocycles. The van der Waals surface area contributed by atoms with Crippen LogP contribution in [0.15, 0.2) is 0 Å². The van der Waals surface area contributed by atoms with Crippen LogP contribution in [0.3, 0.4) is 0 Å². The first-order chi connectivity index (χ1) is 6.29. The van der Waals surface area contributed by atoms with E-state index in [9.17, 15) is 9.59 Å². The van der Waals surface area contributed by atoms with Crippen molar-refractivity contribution < 1.29 is 14.3 Å². The summed E-state index contributed by atoms with van der Waals surface area (Å²) in [6.07, 6.45) is 0. The van der Waals surface area contributed by atoms with Crippen molar-refractivity contribution in [3.63, 3.8) is 0 Å². The summed E-state index contributed by atoms with van der Waals surface area (Å²) in [5, 5.41) is 2.54. The number of ether oxygens (including phenoxy) is 1. The standard InChI is InChI=1S/C9H16N2O3/c1-9(2,3)14-7(12)6-5-11(4)8(13)10-6/h6H,5H2,1-4H3,(H,10,13)/t6-/m0/s1. The first-order valence-corrected chi connectivity index (χ1v) is 4.54. The van der Waals surface area contributed by atoms with Gasteiger partial charge in [0.25, 0.3) is 0 Å². The average molecular weight is 200 g/mol. The fourth-order valence-corrected chi connectivity index (χ4v) is 1.17. The number of esters is 1. The predicted octanol–water partition coefficient (Wildman–Crippen LogP) is 0.352. The van der Waals surface area contributed by atoms with Crippen molar-refractivity contribution in [2.75, 3.05) is 13.6 Å². The number of nitrogens with one attached hydrogen (secondary N) is 1. The molecule has 0 spiro atoms. The highest BCUT2D eigenvalue weighted by atomic mass is 16.6. The molecule has 0 aromatic carbocycles. The predicted molar refractivity (Wildman–Crippen MR) is 50.8 cm³/mol. The van der Waals surface area contributed by atoms with Gasteiger partial charge in [-0.2, -0.15) is 0 Å². The van der Waals surface area contributed by atoms with Crippen LogP contribution >= 0.6 is 0 Å². The molecule has 0 aliphatic carbocycles. The van der Waals surface area contributed by atoms with Crippen LogP contribution in [0.2, 0.25) is 0 Å². The molecule has 1 N–H and O–H groups in total. The summed E-state index contributed by atoms with van der Waals surface area (Å²) in [6.45, 7) is 5.76. The summed E-state index contributed by atoms with van der Waals surface area (Å²) < 4.78 is 5.14. The van der Waals surface area contributed by atoms with Gasteiger partial charge < -0.3 is 15.0 Å². The first-order valence-electron chi connectivity index (χ1n) is 4.54. The van der Waals surface area contributed by atoms with Gasteiger partial charge in [-0.05, 0) is 20.8 Å². The normalized spacial score (nSPS) is 22.1. The SMILES string of the molecule is CN1C[C@@H](C(=O)OC(C)(C)C)NC1=O. The molecule has 0 aromatic rings. The Labute approximate surface area is 83.4 Å². The molecule has 0 saturated carbocycles. The Morgan fingerprint density at radius 1 is 1.57 bits per heavy atom. The molecule has 1 fully saturated rings. The third kappa shape index (κ3) is 2.61. The number of hydrogen-bond acceptors (Lipinski definition) is 3. The zero-order chi connectivity index (χ0) is 10.9. The molecule has 1 rings (SSSR count). The lowest BCUT2D eigenvalue weighted by Gasteiger charge is -2.21. The van der Waals surface area contributed by atoms with E-state index in [1.807, 2.05) is 0 Å². The van der Waals surface area contributed by atoms with Crippen molar-refractivity contribution >= 4 is 12.0 Å². The van der Waals surface area contributed by atoms with Gasteiger partial charge in [-0.25, -0.2) is 9.59 Å². The van der Waals surface area contributed by atoms with E-state index in [4.69, 9.17) is 4.74 Å². The minimum Gasteiger partial charge on any atom is -0.458 e. The number of hydrogen-bond donors (Lipinski definition) is 1. The Hall–Kier alpha value is -1.26. The number of carbonyl (C=O) groups is 2. The van der Waals surface area contributed by atoms with Gasteiger partial charge in [0, 0.05) is 7.05 Å². The highest BCUT2D eigenvalue weighted by Crippen LogP contribution is 2.11. The monoisotopic (exact) mass is 200 g/mol. The van der Waals surface area contributed by atoms with Gasteiger partial charge in [0.2, 0.25) is 0 Å². The molecule has 5 nitrogen and oxygen atoms in total. The summed E-state index contributed by atoms with van der Waals surface area (Å²) in [5.41, 5.74) is -0.511. The van der Waals surface area contributed by atoms with E-state index in [1.54, 1.807) is 27.8 Å². The topological polar surface area (TPSA) is 58.6 Å². The van der Waals surface area contributed by atoms with Crippen molar-refractivity contribution in [2.24, 2.45) is 0 Å². The van der Waals surface area contributed by atoms with Crippen molar-refractivity contribution in [2.45, 2.75) is 32.4 Å². The molecule has 1 aliphatic heterocycles. The minimum atomic E-state index is -0.535.